The Bertz CT molecular complexity index is 1000. The largest absolute Gasteiger partial charge is 0.396 e. The fourth-order valence-electron chi connectivity index (χ4n) is 7.46. The zero-order valence-corrected chi connectivity index (χ0v) is 24.9. The van der Waals surface area contributed by atoms with Gasteiger partial charge in [0.2, 0.25) is 0 Å². The van der Waals surface area contributed by atoms with Crippen molar-refractivity contribution in [3.05, 3.63) is 47.6 Å². The van der Waals surface area contributed by atoms with Gasteiger partial charge in [0.25, 0.3) is 0 Å². The summed E-state index contributed by atoms with van der Waals surface area (Å²) in [5.74, 6) is 2.11. The Hall–Kier alpha value is -1.13. The van der Waals surface area contributed by atoms with Gasteiger partial charge in [0.1, 0.15) is 0 Å². The van der Waals surface area contributed by atoms with E-state index < -0.39 is 19.3 Å². The second-order valence-corrected chi connectivity index (χ2v) is 17.0. The molecule has 0 aromatic rings. The molecule has 5 atom stereocenters. The molecule has 0 amide bonds. The van der Waals surface area contributed by atoms with E-state index in [4.69, 9.17) is 0 Å². The molecule has 3 rings (SSSR count). The van der Waals surface area contributed by atoms with Crippen molar-refractivity contribution in [3.63, 3.8) is 0 Å². The maximum Gasteiger partial charge on any atom is 0.163 e. The minimum atomic E-state index is -3.30. The Morgan fingerprint density at radius 2 is 1.81 bits per heavy atom. The Kier molecular flexibility index (Phi) is 8.93. The number of allylic oxidation sites excluding steroid dienone is 6. The molecule has 3 saturated carbocycles. The molecule has 0 aromatic carbocycles. The molecule has 3 aliphatic carbocycles. The average molecular weight is 517 g/mol. The molecule has 0 aliphatic heterocycles. The van der Waals surface area contributed by atoms with Crippen molar-refractivity contribution in [1.29, 1.82) is 0 Å². The minimum absolute atomic E-state index is 0.266. The first-order valence-corrected chi connectivity index (χ1v) is 15.7. The summed E-state index contributed by atoms with van der Waals surface area (Å²) in [5.41, 5.74) is 4.52. The summed E-state index contributed by atoms with van der Waals surface area (Å²) in [6.07, 6.45) is 19.2. The average Bonchev–Trinajstić information content (AvgIpc) is 3.14. The van der Waals surface area contributed by atoms with Gasteiger partial charge in [-0.3, -0.25) is 0 Å². The van der Waals surface area contributed by atoms with Crippen LogP contribution < -0.4 is 0 Å². The van der Waals surface area contributed by atoms with Crippen molar-refractivity contribution < 1.29 is 13.5 Å². The van der Waals surface area contributed by atoms with Crippen LogP contribution in [0.3, 0.4) is 0 Å². The van der Waals surface area contributed by atoms with E-state index in [-0.39, 0.29) is 12.0 Å². The molecular formula is C32H52O3S. The van der Waals surface area contributed by atoms with Crippen LogP contribution in [0, 0.1) is 29.1 Å². The molecular weight excluding hydrogens is 464 g/mol. The predicted molar refractivity (Wildman–Crippen MR) is 154 cm³/mol. The zero-order chi connectivity index (χ0) is 26.9. The monoisotopic (exact) mass is 516 g/mol. The van der Waals surface area contributed by atoms with Crippen LogP contribution in [-0.2, 0) is 9.84 Å². The van der Waals surface area contributed by atoms with Gasteiger partial charge in [-0.2, -0.15) is 0 Å². The molecule has 0 spiro atoms. The number of sulfone groups is 1. The lowest BCUT2D eigenvalue weighted by atomic mass is 9.61. The van der Waals surface area contributed by atoms with Crippen molar-refractivity contribution in [2.45, 2.75) is 116 Å². The van der Waals surface area contributed by atoms with E-state index in [1.165, 1.54) is 43.3 Å². The van der Waals surface area contributed by atoms with Gasteiger partial charge in [0.05, 0.1) is 9.49 Å². The second kappa shape index (κ2) is 10.9. The van der Waals surface area contributed by atoms with E-state index in [0.29, 0.717) is 23.7 Å². The fourth-order valence-corrected chi connectivity index (χ4v) is 9.29. The van der Waals surface area contributed by atoms with Gasteiger partial charge < -0.3 is 5.11 Å². The molecule has 0 saturated heterocycles. The molecule has 0 heterocycles. The third-order valence-corrected chi connectivity index (χ3v) is 13.0. The van der Waals surface area contributed by atoms with Crippen LogP contribution in [0.5, 0.6) is 0 Å². The molecule has 204 valence electrons. The first-order valence-electron chi connectivity index (χ1n) is 14.3. The van der Waals surface area contributed by atoms with Crippen LogP contribution in [-0.4, -0.2) is 29.6 Å². The van der Waals surface area contributed by atoms with Gasteiger partial charge in [-0.25, -0.2) is 8.42 Å². The highest BCUT2D eigenvalue weighted by molar-refractivity contribution is 7.94. The molecule has 4 heteroatoms. The number of fused-ring (bicyclic) bond motifs is 1. The van der Waals surface area contributed by atoms with Crippen LogP contribution >= 0.6 is 0 Å². The molecule has 36 heavy (non-hydrogen) atoms. The summed E-state index contributed by atoms with van der Waals surface area (Å²) in [4.78, 5) is 0. The van der Waals surface area contributed by atoms with E-state index in [2.05, 4.69) is 38.7 Å². The highest BCUT2D eigenvalue weighted by Crippen LogP contribution is 2.59. The van der Waals surface area contributed by atoms with Gasteiger partial charge in [0.15, 0.2) is 9.84 Å². The predicted octanol–water partition coefficient (Wildman–Crippen LogP) is 7.98. The Morgan fingerprint density at radius 1 is 1.11 bits per heavy atom. The lowest BCUT2D eigenvalue weighted by Gasteiger charge is -2.44. The number of rotatable bonds is 7. The summed E-state index contributed by atoms with van der Waals surface area (Å²) in [6.45, 7) is 18.5. The molecule has 3 fully saturated rings. The fraction of sp³-hybridized carbons (Fsp3) is 0.750. The molecule has 3 aliphatic rings. The highest BCUT2D eigenvalue weighted by Gasteiger charge is 2.50. The summed E-state index contributed by atoms with van der Waals surface area (Å²) < 4.78 is 24.6. The summed E-state index contributed by atoms with van der Waals surface area (Å²) in [6, 6.07) is 0. The summed E-state index contributed by atoms with van der Waals surface area (Å²) >= 11 is 0. The molecule has 3 unspecified atom stereocenters. The second-order valence-electron chi connectivity index (χ2n) is 13.7. The topological polar surface area (TPSA) is 54.4 Å². The van der Waals surface area contributed by atoms with Gasteiger partial charge in [-0.1, -0.05) is 55.9 Å². The van der Waals surface area contributed by atoms with E-state index >= 15 is 0 Å². The lowest BCUT2D eigenvalue weighted by molar-refractivity contribution is 0.112. The smallest absolute Gasteiger partial charge is 0.163 e. The van der Waals surface area contributed by atoms with E-state index in [1.807, 2.05) is 19.9 Å². The molecule has 3 nitrogen and oxygen atoms in total. The molecule has 0 radical (unpaired) electrons. The molecule has 1 N–H and O–H groups in total. The maximum atomic E-state index is 13.1. The van der Waals surface area contributed by atoms with Crippen molar-refractivity contribution in [3.8, 4) is 0 Å². The van der Waals surface area contributed by atoms with E-state index in [1.54, 1.807) is 26.3 Å². The van der Waals surface area contributed by atoms with Crippen molar-refractivity contribution >= 4 is 9.84 Å². The maximum absolute atomic E-state index is 13.1. The Balaban J connectivity index is 1.78. The third-order valence-electron chi connectivity index (χ3n) is 9.83. The standard InChI is InChI=1S/C32H52O3S/c1-23-11-12-25(18-21-33)22-27(23)14-13-26-10-9-19-32(8)28(15-16-29(26)32)24(2)17-20-31(6,7)36(34,35)30(3,4)5/h13-14,17,20,24-25,28-29,33H,1,9-12,15-16,18-19,21-22H2,2-8H3/b20-17?,26-13+,27-14-/t24?,25?,28?,29-,32+/m0/s1. The van der Waals surface area contributed by atoms with Crippen LogP contribution in [0.15, 0.2) is 47.6 Å². The quantitative estimate of drug-likeness (QED) is 0.349. The number of hydrogen-bond donors (Lipinski definition) is 1. The van der Waals surface area contributed by atoms with Crippen LogP contribution in [0.4, 0.5) is 0 Å². The zero-order valence-electron chi connectivity index (χ0n) is 24.1. The summed E-state index contributed by atoms with van der Waals surface area (Å²) in [5, 5.41) is 9.37. The minimum Gasteiger partial charge on any atom is -0.396 e. The highest BCUT2D eigenvalue weighted by atomic mass is 32.2. The van der Waals surface area contributed by atoms with Gasteiger partial charge in [0, 0.05) is 6.61 Å². The molecule has 0 bridgehead atoms. The van der Waals surface area contributed by atoms with Gasteiger partial charge >= 0.3 is 0 Å². The third kappa shape index (κ3) is 5.80. The summed E-state index contributed by atoms with van der Waals surface area (Å²) in [7, 11) is -3.30. The van der Waals surface area contributed by atoms with E-state index in [0.717, 1.165) is 25.7 Å². The van der Waals surface area contributed by atoms with Crippen LogP contribution in [0.25, 0.3) is 0 Å². The van der Waals surface area contributed by atoms with E-state index in [9.17, 15) is 13.5 Å². The number of hydrogen-bond acceptors (Lipinski definition) is 3. The van der Waals surface area contributed by atoms with Gasteiger partial charge in [-0.05, 0) is 127 Å². The van der Waals surface area contributed by atoms with Gasteiger partial charge in [-0.15, -0.1) is 0 Å². The van der Waals surface area contributed by atoms with Crippen molar-refractivity contribution in [2.75, 3.05) is 6.61 Å². The SMILES string of the molecule is C=C1CCC(CCO)C/C1=C/C=C1\CCC[C@]2(C)C(C(C)C=CC(C)(C)S(=O)(=O)C(C)(C)C)CC[C@@H]12. The number of aliphatic hydroxyl groups excluding tert-OH is 1. The van der Waals surface area contributed by atoms with Crippen molar-refractivity contribution in [2.24, 2.45) is 29.1 Å². The Labute approximate surface area is 222 Å². The Morgan fingerprint density at radius 3 is 2.44 bits per heavy atom. The normalized spacial score (nSPS) is 33.4. The molecule has 0 aromatic heterocycles. The first kappa shape index (κ1) is 29.4. The van der Waals surface area contributed by atoms with Crippen LogP contribution in [0.1, 0.15) is 106 Å². The van der Waals surface area contributed by atoms with Crippen LogP contribution in [0.2, 0.25) is 0 Å². The first-order chi connectivity index (χ1) is 16.6. The number of aliphatic hydroxyl groups is 1. The van der Waals surface area contributed by atoms with Crippen molar-refractivity contribution in [1.82, 2.24) is 0 Å². The lowest BCUT2D eigenvalue weighted by Crippen LogP contribution is -2.42.